The highest BCUT2D eigenvalue weighted by molar-refractivity contribution is 8.14. The largest absolute Gasteiger partial charge is 0.508 e. The van der Waals surface area contributed by atoms with Crippen molar-refractivity contribution < 1.29 is 24.5 Å². The molecule has 1 fully saturated rings. The second-order valence-corrected chi connectivity index (χ2v) is 10.6. The molecule has 0 aliphatic carbocycles. The predicted octanol–water partition coefficient (Wildman–Crippen LogP) is 7.59. The number of nitrogens with zero attached hydrogens (tertiary/aromatic N) is 1. The number of anilines is 1. The smallest absolute Gasteiger partial charge is 0.287 e. The lowest BCUT2D eigenvalue weighted by Crippen LogP contribution is -2.29. The van der Waals surface area contributed by atoms with Crippen molar-refractivity contribution in [3.8, 4) is 22.6 Å². The summed E-state index contributed by atoms with van der Waals surface area (Å²) in [5, 5.41) is 31.4. The fourth-order valence-corrected chi connectivity index (χ4v) is 6.24. The Morgan fingerprint density at radius 2 is 1.61 bits per heavy atom. The van der Waals surface area contributed by atoms with Gasteiger partial charge in [0.1, 0.15) is 17.3 Å². The van der Waals surface area contributed by atoms with Gasteiger partial charge in [-0.25, -0.2) is 4.39 Å². The van der Waals surface area contributed by atoms with E-state index in [1.54, 1.807) is 41.3 Å². The number of halogens is 1. The average molecular weight is 530 g/mol. The molecule has 0 saturated carbocycles. The molecular formula is C31H28FNO4S. The summed E-state index contributed by atoms with van der Waals surface area (Å²) in [6.45, 7) is 0. The Hall–Kier alpha value is -3.81. The third-order valence-corrected chi connectivity index (χ3v) is 8.06. The Morgan fingerprint density at radius 1 is 0.868 bits per heavy atom. The van der Waals surface area contributed by atoms with Gasteiger partial charge in [-0.15, -0.1) is 0 Å². The number of thioether (sulfide) groups is 1. The zero-order chi connectivity index (χ0) is 26.6. The second kappa shape index (κ2) is 11.3. The third-order valence-electron chi connectivity index (χ3n) is 6.86. The van der Waals surface area contributed by atoms with E-state index in [-0.39, 0.29) is 27.8 Å². The van der Waals surface area contributed by atoms with Crippen LogP contribution in [0.15, 0.2) is 97.1 Å². The van der Waals surface area contributed by atoms with Gasteiger partial charge in [-0.3, -0.25) is 9.69 Å². The molecule has 0 aromatic heterocycles. The molecule has 1 aliphatic heterocycles. The van der Waals surface area contributed by atoms with Gasteiger partial charge in [0.2, 0.25) is 0 Å². The van der Waals surface area contributed by atoms with Crippen molar-refractivity contribution in [2.24, 2.45) is 0 Å². The highest BCUT2D eigenvalue weighted by atomic mass is 32.2. The van der Waals surface area contributed by atoms with Crippen LogP contribution in [0.2, 0.25) is 0 Å². The maximum atomic E-state index is 13.3. The molecule has 0 bridgehead atoms. The SMILES string of the molecule is O=C1S[C@H](CCC[C@@H](O)c2ccc(F)cc2)[C@@H](c2ccc(-c3cccc(O)c3)cc2O)N1c1ccccc1. The fourth-order valence-electron chi connectivity index (χ4n) is 4.96. The molecule has 1 heterocycles. The van der Waals surface area contributed by atoms with Gasteiger partial charge in [-0.2, -0.15) is 0 Å². The average Bonchev–Trinajstić information content (AvgIpc) is 3.24. The van der Waals surface area contributed by atoms with Gasteiger partial charge >= 0.3 is 0 Å². The number of hydrogen-bond acceptors (Lipinski definition) is 5. The molecule has 0 radical (unpaired) electrons. The molecule has 4 aromatic rings. The molecule has 3 atom stereocenters. The Labute approximate surface area is 225 Å². The summed E-state index contributed by atoms with van der Waals surface area (Å²) in [6, 6.07) is 27.0. The van der Waals surface area contributed by atoms with Gasteiger partial charge in [0.05, 0.1) is 12.1 Å². The van der Waals surface area contributed by atoms with E-state index in [0.29, 0.717) is 30.4 Å². The highest BCUT2D eigenvalue weighted by Crippen LogP contribution is 2.49. The number of hydrogen-bond donors (Lipinski definition) is 3. The molecule has 1 aliphatic rings. The molecule has 0 unspecified atom stereocenters. The van der Waals surface area contributed by atoms with Crippen LogP contribution >= 0.6 is 11.8 Å². The summed E-state index contributed by atoms with van der Waals surface area (Å²) in [6.07, 6.45) is 1.02. The van der Waals surface area contributed by atoms with Crippen molar-refractivity contribution in [2.45, 2.75) is 36.7 Å². The van der Waals surface area contributed by atoms with Crippen molar-refractivity contribution in [1.82, 2.24) is 0 Å². The number of aromatic hydroxyl groups is 2. The van der Waals surface area contributed by atoms with E-state index in [4.69, 9.17) is 0 Å². The summed E-state index contributed by atoms with van der Waals surface area (Å²) < 4.78 is 13.2. The van der Waals surface area contributed by atoms with Gasteiger partial charge in [-0.05, 0) is 78.4 Å². The minimum absolute atomic E-state index is 0.0726. The molecule has 7 heteroatoms. The molecule has 5 nitrogen and oxygen atoms in total. The number of aliphatic hydroxyl groups excluding tert-OH is 1. The van der Waals surface area contributed by atoms with Crippen LogP contribution in [0.1, 0.15) is 42.5 Å². The Kier molecular flexibility index (Phi) is 7.67. The van der Waals surface area contributed by atoms with E-state index < -0.39 is 12.1 Å². The first kappa shape index (κ1) is 25.8. The van der Waals surface area contributed by atoms with E-state index >= 15 is 0 Å². The zero-order valence-electron chi connectivity index (χ0n) is 20.6. The van der Waals surface area contributed by atoms with Gasteiger partial charge in [0.15, 0.2) is 0 Å². The summed E-state index contributed by atoms with van der Waals surface area (Å²) in [7, 11) is 0. The van der Waals surface area contributed by atoms with Crippen LogP contribution in [-0.4, -0.2) is 25.8 Å². The maximum absolute atomic E-state index is 13.3. The summed E-state index contributed by atoms with van der Waals surface area (Å²) >= 11 is 1.24. The molecule has 1 amide bonds. The number of aliphatic hydroxyl groups is 1. The summed E-state index contributed by atoms with van der Waals surface area (Å²) in [5.74, 6) is -0.133. The monoisotopic (exact) mass is 529 g/mol. The van der Waals surface area contributed by atoms with E-state index in [1.165, 1.54) is 23.9 Å². The minimum Gasteiger partial charge on any atom is -0.508 e. The van der Waals surface area contributed by atoms with E-state index in [1.807, 2.05) is 48.5 Å². The minimum atomic E-state index is -0.726. The second-order valence-electron chi connectivity index (χ2n) is 9.39. The zero-order valence-corrected chi connectivity index (χ0v) is 21.4. The summed E-state index contributed by atoms with van der Waals surface area (Å²) in [4.78, 5) is 15.0. The van der Waals surface area contributed by atoms with Crippen molar-refractivity contribution in [1.29, 1.82) is 0 Å². The van der Waals surface area contributed by atoms with Crippen molar-refractivity contribution in [3.05, 3.63) is 114 Å². The first-order valence-electron chi connectivity index (χ1n) is 12.5. The van der Waals surface area contributed by atoms with Crippen LogP contribution in [0.3, 0.4) is 0 Å². The Balaban J connectivity index is 1.41. The highest BCUT2D eigenvalue weighted by Gasteiger charge is 2.43. The molecule has 5 rings (SSSR count). The molecule has 38 heavy (non-hydrogen) atoms. The van der Waals surface area contributed by atoms with Crippen molar-refractivity contribution in [3.63, 3.8) is 0 Å². The quantitative estimate of drug-likeness (QED) is 0.219. The van der Waals surface area contributed by atoms with Crippen LogP contribution in [-0.2, 0) is 0 Å². The number of benzene rings is 4. The molecule has 3 N–H and O–H groups in total. The predicted molar refractivity (Wildman–Crippen MR) is 149 cm³/mol. The first-order valence-corrected chi connectivity index (χ1v) is 13.4. The number of phenolic OH excluding ortho intramolecular Hbond substituents is 2. The summed E-state index contributed by atoms with van der Waals surface area (Å²) in [5.41, 5.74) is 3.57. The van der Waals surface area contributed by atoms with E-state index in [0.717, 1.165) is 16.8 Å². The molecular weight excluding hydrogens is 501 g/mol. The van der Waals surface area contributed by atoms with E-state index in [2.05, 4.69) is 0 Å². The molecule has 1 saturated heterocycles. The fraction of sp³-hybridized carbons (Fsp3) is 0.194. The standard InChI is InChI=1S/C31H28FNO4S/c32-23-15-12-20(13-16-23)27(35)10-5-11-29-30(33(31(37)38-29)24-7-2-1-3-8-24)26-17-14-22(19-28(26)36)21-6-4-9-25(34)18-21/h1-4,6-9,12-19,27,29-30,34-36H,5,10-11H2/t27-,29-,30-/m1/s1. The Bertz CT molecular complexity index is 1410. The lowest BCUT2D eigenvalue weighted by atomic mass is 9.93. The van der Waals surface area contributed by atoms with Gasteiger partial charge < -0.3 is 15.3 Å². The van der Waals surface area contributed by atoms with Crippen LogP contribution in [0.4, 0.5) is 14.9 Å². The van der Waals surface area contributed by atoms with Crippen LogP contribution in [0, 0.1) is 5.82 Å². The van der Waals surface area contributed by atoms with Crippen LogP contribution in [0.5, 0.6) is 11.5 Å². The number of carbonyl (C=O) groups is 1. The maximum Gasteiger partial charge on any atom is 0.287 e. The van der Waals surface area contributed by atoms with E-state index in [9.17, 15) is 24.5 Å². The van der Waals surface area contributed by atoms with Crippen molar-refractivity contribution >= 4 is 22.7 Å². The molecule has 0 spiro atoms. The Morgan fingerprint density at radius 3 is 2.32 bits per heavy atom. The van der Waals surface area contributed by atoms with Crippen LogP contribution < -0.4 is 4.90 Å². The third kappa shape index (κ3) is 5.54. The lowest BCUT2D eigenvalue weighted by Gasteiger charge is -2.28. The molecule has 194 valence electrons. The van der Waals surface area contributed by atoms with Crippen LogP contribution in [0.25, 0.3) is 11.1 Å². The number of phenols is 2. The topological polar surface area (TPSA) is 81.0 Å². The normalized spacial score (nSPS) is 18.1. The number of rotatable bonds is 8. The van der Waals surface area contributed by atoms with Crippen molar-refractivity contribution in [2.75, 3.05) is 4.90 Å². The van der Waals surface area contributed by atoms with Gasteiger partial charge in [0, 0.05) is 16.5 Å². The van der Waals surface area contributed by atoms with Gasteiger partial charge in [-0.1, -0.05) is 66.4 Å². The lowest BCUT2D eigenvalue weighted by molar-refractivity contribution is 0.163. The number of amides is 1. The number of carbonyl (C=O) groups excluding carboxylic acids is 1. The number of para-hydroxylation sites is 1. The van der Waals surface area contributed by atoms with Gasteiger partial charge in [0.25, 0.3) is 5.24 Å². The first-order chi connectivity index (χ1) is 18.4. The molecule has 4 aromatic carbocycles.